The number of aromatic amines is 1. The van der Waals surface area contributed by atoms with E-state index < -0.39 is 5.60 Å². The van der Waals surface area contributed by atoms with Crippen molar-refractivity contribution in [3.05, 3.63) is 60.6 Å². The Hall–Kier alpha value is -4.65. The van der Waals surface area contributed by atoms with E-state index in [9.17, 15) is 4.79 Å². The van der Waals surface area contributed by atoms with Gasteiger partial charge in [-0.15, -0.1) is 0 Å². The summed E-state index contributed by atoms with van der Waals surface area (Å²) in [6, 6.07) is 16.0. The monoisotopic (exact) mass is 497 g/mol. The maximum atomic E-state index is 12.2. The van der Waals surface area contributed by atoms with Crippen molar-refractivity contribution >= 4 is 28.5 Å². The Balaban J connectivity index is 1.31. The molecule has 10 nitrogen and oxygen atoms in total. The lowest BCUT2D eigenvalue weighted by molar-refractivity contribution is -0.00777. The summed E-state index contributed by atoms with van der Waals surface area (Å²) in [5.74, 6) is 1.98. The topological polar surface area (TPSA) is 129 Å². The first-order valence-electron chi connectivity index (χ1n) is 12.0. The molecule has 10 heteroatoms. The minimum atomic E-state index is -0.511. The van der Waals surface area contributed by atoms with Crippen LogP contribution in [0.5, 0.6) is 5.75 Å². The second kappa shape index (κ2) is 9.78. The van der Waals surface area contributed by atoms with Crippen molar-refractivity contribution in [3.63, 3.8) is 0 Å². The second-order valence-electron chi connectivity index (χ2n) is 9.95. The summed E-state index contributed by atoms with van der Waals surface area (Å²) in [6.07, 6.45) is 2.59. The summed E-state index contributed by atoms with van der Waals surface area (Å²) in [6.45, 7) is 7.26. The van der Waals surface area contributed by atoms with E-state index in [-0.39, 0.29) is 17.7 Å². The van der Waals surface area contributed by atoms with Gasteiger partial charge in [-0.3, -0.25) is 5.10 Å². The van der Waals surface area contributed by atoms with Gasteiger partial charge in [-0.05, 0) is 43.7 Å². The summed E-state index contributed by atoms with van der Waals surface area (Å²) in [5.41, 5.74) is 1.37. The van der Waals surface area contributed by atoms with Crippen LogP contribution in [0, 0.1) is 17.2 Å². The maximum absolute atomic E-state index is 12.2. The van der Waals surface area contributed by atoms with Crippen LogP contribution in [0.2, 0.25) is 0 Å². The van der Waals surface area contributed by atoms with Gasteiger partial charge in [0, 0.05) is 30.6 Å². The van der Waals surface area contributed by atoms with Crippen molar-refractivity contribution in [1.29, 1.82) is 5.26 Å². The summed E-state index contributed by atoms with van der Waals surface area (Å²) in [4.78, 5) is 22.1. The van der Waals surface area contributed by atoms with E-state index in [2.05, 4.69) is 37.6 Å². The third kappa shape index (κ3) is 5.62. The van der Waals surface area contributed by atoms with Crippen LogP contribution in [0.3, 0.4) is 0 Å². The minimum absolute atomic E-state index is 0.223. The summed E-state index contributed by atoms with van der Waals surface area (Å²) < 4.78 is 11.7. The van der Waals surface area contributed by atoms with Gasteiger partial charge in [-0.25, -0.2) is 14.8 Å². The standard InChI is InChI=1S/C27H27N7O3/c1-27(2,3)37-26(35)34-14-17(15-34)16-36-23-9-19-7-5-4-6-18(19)8-21(23)22-10-24(33-32-22)31-25-13-29-20(11-28)12-30-25/h4-10,12-13,17H,14-16H2,1-3H3,(H2,30,31,32,33). The van der Waals surface area contributed by atoms with Gasteiger partial charge in [0.05, 0.1) is 24.7 Å². The Morgan fingerprint density at radius 1 is 1.14 bits per heavy atom. The molecule has 0 radical (unpaired) electrons. The van der Waals surface area contributed by atoms with E-state index >= 15 is 0 Å². The van der Waals surface area contributed by atoms with Crippen LogP contribution >= 0.6 is 0 Å². The van der Waals surface area contributed by atoms with E-state index in [4.69, 9.17) is 14.7 Å². The normalized spacial score (nSPS) is 13.6. The molecule has 5 rings (SSSR count). The Kier molecular flexibility index (Phi) is 6.36. The second-order valence-corrected chi connectivity index (χ2v) is 9.95. The molecule has 3 heterocycles. The highest BCUT2D eigenvalue weighted by Gasteiger charge is 2.34. The molecule has 2 aromatic heterocycles. The number of nitrogens with zero attached hydrogens (tertiary/aromatic N) is 5. The number of aromatic nitrogens is 4. The van der Waals surface area contributed by atoms with E-state index in [1.807, 2.05) is 57.2 Å². The zero-order chi connectivity index (χ0) is 26.0. The fourth-order valence-corrected chi connectivity index (χ4v) is 4.01. The van der Waals surface area contributed by atoms with E-state index in [1.165, 1.54) is 12.4 Å². The molecule has 0 atom stereocenters. The van der Waals surface area contributed by atoms with Crippen molar-refractivity contribution in [1.82, 2.24) is 25.1 Å². The molecule has 1 aliphatic rings. The zero-order valence-corrected chi connectivity index (χ0v) is 20.9. The van der Waals surface area contributed by atoms with E-state index in [0.717, 1.165) is 27.8 Å². The molecule has 0 bridgehead atoms. The molecule has 1 aliphatic heterocycles. The third-order valence-corrected chi connectivity index (χ3v) is 5.82. The number of benzene rings is 2. The van der Waals surface area contributed by atoms with Gasteiger partial charge in [0.2, 0.25) is 0 Å². The predicted molar refractivity (Wildman–Crippen MR) is 138 cm³/mol. The summed E-state index contributed by atoms with van der Waals surface area (Å²) >= 11 is 0. The molecule has 0 spiro atoms. The molecule has 1 saturated heterocycles. The SMILES string of the molecule is CC(C)(C)OC(=O)N1CC(COc2cc3ccccc3cc2-c2cc(Nc3cnc(C#N)cn3)n[nH]2)C1. The van der Waals surface area contributed by atoms with Crippen molar-refractivity contribution in [2.75, 3.05) is 25.0 Å². The highest BCUT2D eigenvalue weighted by Crippen LogP contribution is 2.35. The van der Waals surface area contributed by atoms with Gasteiger partial charge >= 0.3 is 6.09 Å². The average Bonchev–Trinajstić information content (AvgIpc) is 3.30. The van der Waals surface area contributed by atoms with Crippen molar-refractivity contribution < 1.29 is 14.3 Å². The van der Waals surface area contributed by atoms with Gasteiger partial charge in [0.25, 0.3) is 0 Å². The number of H-pyrrole nitrogens is 1. The van der Waals surface area contributed by atoms with Gasteiger partial charge in [-0.2, -0.15) is 10.4 Å². The number of carbonyl (C=O) groups is 1. The van der Waals surface area contributed by atoms with Crippen LogP contribution in [0.4, 0.5) is 16.4 Å². The molecule has 188 valence electrons. The molecule has 1 fully saturated rings. The molecule has 4 aromatic rings. The summed E-state index contributed by atoms with van der Waals surface area (Å²) in [7, 11) is 0. The van der Waals surface area contributed by atoms with Gasteiger partial charge in [0.1, 0.15) is 23.2 Å². The van der Waals surface area contributed by atoms with Gasteiger partial charge in [-0.1, -0.05) is 24.3 Å². The summed E-state index contributed by atoms with van der Waals surface area (Å²) in [5, 5.41) is 21.5. The number of hydrogen-bond acceptors (Lipinski definition) is 8. The lowest BCUT2D eigenvalue weighted by Gasteiger charge is -2.39. The number of rotatable bonds is 6. The molecule has 2 N–H and O–H groups in total. The molecular weight excluding hydrogens is 470 g/mol. The first-order valence-corrected chi connectivity index (χ1v) is 12.0. The number of ether oxygens (including phenoxy) is 2. The van der Waals surface area contributed by atoms with Crippen LogP contribution < -0.4 is 10.1 Å². The van der Waals surface area contributed by atoms with Crippen LogP contribution in [-0.4, -0.2) is 56.5 Å². The lowest BCUT2D eigenvalue weighted by Crippen LogP contribution is -2.53. The number of nitriles is 1. The first-order chi connectivity index (χ1) is 17.8. The Labute approximate surface area is 214 Å². The predicted octanol–water partition coefficient (Wildman–Crippen LogP) is 4.88. The van der Waals surface area contributed by atoms with Crippen LogP contribution in [0.15, 0.2) is 54.9 Å². The molecule has 0 unspecified atom stereocenters. The van der Waals surface area contributed by atoms with E-state index in [0.29, 0.717) is 31.3 Å². The molecule has 0 saturated carbocycles. The average molecular weight is 498 g/mol. The first kappa shape index (κ1) is 24.1. The van der Waals surface area contributed by atoms with Crippen LogP contribution in [-0.2, 0) is 4.74 Å². The zero-order valence-electron chi connectivity index (χ0n) is 20.9. The largest absolute Gasteiger partial charge is 0.492 e. The molecule has 37 heavy (non-hydrogen) atoms. The number of likely N-dealkylation sites (tertiary alicyclic amines) is 1. The maximum Gasteiger partial charge on any atom is 0.410 e. The molecule has 1 amide bonds. The molecule has 0 aliphatic carbocycles. The third-order valence-electron chi connectivity index (χ3n) is 5.82. The fourth-order valence-electron chi connectivity index (χ4n) is 4.01. The van der Waals surface area contributed by atoms with Gasteiger partial charge < -0.3 is 19.7 Å². The number of hydrogen-bond donors (Lipinski definition) is 2. The smallest absolute Gasteiger partial charge is 0.410 e. The Bertz CT molecular complexity index is 1460. The van der Waals surface area contributed by atoms with Gasteiger partial charge in [0.15, 0.2) is 11.5 Å². The lowest BCUT2D eigenvalue weighted by atomic mass is 10.0. The number of anilines is 2. The highest BCUT2D eigenvalue weighted by molar-refractivity contribution is 5.90. The number of amides is 1. The number of fused-ring (bicyclic) bond motifs is 1. The molecular formula is C27H27N7O3. The number of carbonyl (C=O) groups excluding carboxylic acids is 1. The minimum Gasteiger partial charge on any atom is -0.492 e. The molecule has 2 aromatic carbocycles. The van der Waals surface area contributed by atoms with Crippen molar-refractivity contribution in [3.8, 4) is 23.1 Å². The van der Waals surface area contributed by atoms with E-state index in [1.54, 1.807) is 4.90 Å². The number of nitrogens with one attached hydrogen (secondary N) is 2. The Morgan fingerprint density at radius 3 is 2.57 bits per heavy atom. The van der Waals surface area contributed by atoms with Crippen LogP contribution in [0.25, 0.3) is 22.0 Å². The van der Waals surface area contributed by atoms with Crippen LogP contribution in [0.1, 0.15) is 26.5 Å². The fraction of sp³-hybridized carbons (Fsp3) is 0.296. The van der Waals surface area contributed by atoms with Crippen molar-refractivity contribution in [2.45, 2.75) is 26.4 Å². The quantitative estimate of drug-likeness (QED) is 0.386. The Morgan fingerprint density at radius 2 is 1.89 bits per heavy atom. The van der Waals surface area contributed by atoms with Crippen molar-refractivity contribution in [2.24, 2.45) is 5.92 Å². The highest BCUT2D eigenvalue weighted by atomic mass is 16.6.